The van der Waals surface area contributed by atoms with Crippen molar-refractivity contribution in [2.45, 2.75) is 40.2 Å². The van der Waals surface area contributed by atoms with Crippen LogP contribution in [-0.4, -0.2) is 15.5 Å². The van der Waals surface area contributed by atoms with Crippen molar-refractivity contribution in [1.82, 2.24) is 9.55 Å². The van der Waals surface area contributed by atoms with Gasteiger partial charge in [-0.15, -0.1) is 11.3 Å². The minimum absolute atomic E-state index is 0.217. The lowest BCUT2D eigenvalue weighted by atomic mass is 10.0. The van der Waals surface area contributed by atoms with Crippen LogP contribution in [0.4, 0.5) is 0 Å². The van der Waals surface area contributed by atoms with Crippen LogP contribution >= 0.6 is 27.3 Å². The average molecular weight is 434 g/mol. The van der Waals surface area contributed by atoms with Gasteiger partial charge in [-0.05, 0) is 38.8 Å². The van der Waals surface area contributed by atoms with Crippen LogP contribution in [0.2, 0.25) is 0 Å². The highest BCUT2D eigenvalue weighted by Gasteiger charge is 2.25. The molecule has 0 radical (unpaired) electrons. The number of aryl methyl sites for hydroxylation is 3. The predicted octanol–water partition coefficient (Wildman–Crippen LogP) is 4.25. The standard InChI is InChI=1S/C19H20BrN3O2S/c1-5-14(17(21)24)23-11(4)22-18-16(19(23)25)15(10(3)26-18)12-8-9(2)6-7-13(12)20/h6-8,14H,5H2,1-4H3,(H2,21,24). The van der Waals surface area contributed by atoms with E-state index in [0.29, 0.717) is 22.5 Å². The summed E-state index contributed by atoms with van der Waals surface area (Å²) in [6.07, 6.45) is 0.440. The Morgan fingerprint density at radius 3 is 2.65 bits per heavy atom. The second kappa shape index (κ2) is 6.96. The first kappa shape index (κ1) is 18.8. The number of aromatic nitrogens is 2. The summed E-state index contributed by atoms with van der Waals surface area (Å²) in [7, 11) is 0. The highest BCUT2D eigenvalue weighted by molar-refractivity contribution is 9.10. The van der Waals surface area contributed by atoms with Crippen molar-refractivity contribution >= 4 is 43.4 Å². The average Bonchev–Trinajstić information content (AvgIpc) is 2.89. The van der Waals surface area contributed by atoms with Crippen molar-refractivity contribution in [3.63, 3.8) is 0 Å². The van der Waals surface area contributed by atoms with E-state index in [0.717, 1.165) is 26.0 Å². The maximum absolute atomic E-state index is 13.4. The Hall–Kier alpha value is -1.99. The summed E-state index contributed by atoms with van der Waals surface area (Å²) in [5.41, 5.74) is 8.23. The number of benzene rings is 1. The van der Waals surface area contributed by atoms with Crippen LogP contribution in [0.1, 0.15) is 35.7 Å². The summed E-state index contributed by atoms with van der Waals surface area (Å²) in [6.45, 7) is 7.58. The molecule has 1 atom stereocenters. The molecule has 0 bridgehead atoms. The topological polar surface area (TPSA) is 78.0 Å². The molecule has 1 unspecified atom stereocenters. The van der Waals surface area contributed by atoms with Crippen LogP contribution in [0.25, 0.3) is 21.3 Å². The van der Waals surface area contributed by atoms with Crippen LogP contribution in [0.15, 0.2) is 27.5 Å². The molecular formula is C19H20BrN3O2S. The highest BCUT2D eigenvalue weighted by atomic mass is 79.9. The molecule has 0 aliphatic rings. The Kier molecular flexibility index (Phi) is 5.03. The summed E-state index contributed by atoms with van der Waals surface area (Å²) < 4.78 is 2.35. The van der Waals surface area contributed by atoms with E-state index in [1.165, 1.54) is 15.9 Å². The van der Waals surface area contributed by atoms with Crippen molar-refractivity contribution < 1.29 is 4.79 Å². The first-order valence-electron chi connectivity index (χ1n) is 8.34. The van der Waals surface area contributed by atoms with Crippen LogP contribution < -0.4 is 11.3 Å². The molecule has 0 fully saturated rings. The van der Waals surface area contributed by atoms with Gasteiger partial charge in [-0.2, -0.15) is 0 Å². The molecule has 1 amide bonds. The number of hydrogen-bond acceptors (Lipinski definition) is 4. The third-order valence-corrected chi connectivity index (χ3v) is 6.22. The molecule has 2 aromatic heterocycles. The maximum atomic E-state index is 13.4. The Labute approximate surface area is 164 Å². The van der Waals surface area contributed by atoms with Crippen LogP contribution in [-0.2, 0) is 4.79 Å². The van der Waals surface area contributed by atoms with Crippen LogP contribution in [0, 0.1) is 20.8 Å². The normalized spacial score (nSPS) is 12.5. The highest BCUT2D eigenvalue weighted by Crippen LogP contribution is 2.39. The fraction of sp³-hybridized carbons (Fsp3) is 0.316. The Bertz CT molecular complexity index is 1080. The molecule has 3 aromatic rings. The number of primary amides is 1. The summed E-state index contributed by atoms with van der Waals surface area (Å²) >= 11 is 5.09. The third kappa shape index (κ3) is 2.99. The van der Waals surface area contributed by atoms with Crippen molar-refractivity contribution in [1.29, 1.82) is 0 Å². The number of amides is 1. The van der Waals surface area contributed by atoms with Crippen LogP contribution in [0.5, 0.6) is 0 Å². The van der Waals surface area contributed by atoms with E-state index < -0.39 is 11.9 Å². The molecule has 0 spiro atoms. The van der Waals surface area contributed by atoms with E-state index in [4.69, 9.17) is 5.73 Å². The second-order valence-electron chi connectivity index (χ2n) is 6.36. The number of nitrogens with two attached hydrogens (primary N) is 1. The van der Waals surface area contributed by atoms with E-state index in [1.807, 2.05) is 39.0 Å². The zero-order valence-electron chi connectivity index (χ0n) is 15.1. The Balaban J connectivity index is 2.43. The number of nitrogens with zero attached hydrogens (tertiary/aromatic N) is 2. The van der Waals surface area contributed by atoms with Gasteiger partial charge in [0.25, 0.3) is 5.56 Å². The third-order valence-electron chi connectivity index (χ3n) is 4.53. The SMILES string of the molecule is CCC(C(N)=O)n1c(C)nc2sc(C)c(-c3cc(C)ccc3Br)c2c1=O. The second-order valence-corrected chi connectivity index (χ2v) is 8.41. The number of fused-ring (bicyclic) bond motifs is 1. The molecule has 26 heavy (non-hydrogen) atoms. The lowest BCUT2D eigenvalue weighted by Gasteiger charge is -2.17. The van der Waals surface area contributed by atoms with Gasteiger partial charge in [-0.25, -0.2) is 4.98 Å². The minimum atomic E-state index is -0.701. The molecule has 136 valence electrons. The van der Waals surface area contributed by atoms with Crippen molar-refractivity contribution in [2.75, 3.05) is 0 Å². The van der Waals surface area contributed by atoms with Gasteiger partial charge >= 0.3 is 0 Å². The fourth-order valence-electron chi connectivity index (χ4n) is 3.31. The van der Waals surface area contributed by atoms with Gasteiger partial charge in [0, 0.05) is 14.9 Å². The number of rotatable bonds is 4. The Morgan fingerprint density at radius 2 is 2.04 bits per heavy atom. The molecule has 2 heterocycles. The number of halogens is 1. The van der Waals surface area contributed by atoms with E-state index in [-0.39, 0.29) is 5.56 Å². The van der Waals surface area contributed by atoms with E-state index in [1.54, 1.807) is 6.92 Å². The zero-order valence-corrected chi connectivity index (χ0v) is 17.5. The quantitative estimate of drug-likeness (QED) is 0.667. The monoisotopic (exact) mass is 433 g/mol. The van der Waals surface area contributed by atoms with E-state index in [2.05, 4.69) is 20.9 Å². The molecule has 0 saturated heterocycles. The van der Waals surface area contributed by atoms with Gasteiger partial charge in [0.1, 0.15) is 16.7 Å². The number of carbonyl (C=O) groups is 1. The maximum Gasteiger partial charge on any atom is 0.263 e. The van der Waals surface area contributed by atoms with E-state index in [9.17, 15) is 9.59 Å². The van der Waals surface area contributed by atoms with Gasteiger partial charge in [0.05, 0.1) is 5.39 Å². The summed E-state index contributed by atoms with van der Waals surface area (Å²) in [5.74, 6) is -0.0201. The van der Waals surface area contributed by atoms with Crippen molar-refractivity contribution in [2.24, 2.45) is 5.73 Å². The smallest absolute Gasteiger partial charge is 0.263 e. The molecular weight excluding hydrogens is 414 g/mol. The Morgan fingerprint density at radius 1 is 1.35 bits per heavy atom. The van der Waals surface area contributed by atoms with Gasteiger partial charge in [-0.1, -0.05) is 40.5 Å². The van der Waals surface area contributed by atoms with E-state index >= 15 is 0 Å². The van der Waals surface area contributed by atoms with Crippen molar-refractivity contribution in [3.8, 4) is 11.1 Å². The number of hydrogen-bond donors (Lipinski definition) is 1. The molecule has 5 nitrogen and oxygen atoms in total. The molecule has 3 rings (SSSR count). The van der Waals surface area contributed by atoms with Gasteiger partial charge < -0.3 is 5.73 Å². The van der Waals surface area contributed by atoms with Crippen molar-refractivity contribution in [3.05, 3.63) is 49.3 Å². The lowest BCUT2D eigenvalue weighted by Crippen LogP contribution is -2.35. The summed E-state index contributed by atoms with van der Waals surface area (Å²) in [6, 6.07) is 5.34. The summed E-state index contributed by atoms with van der Waals surface area (Å²) in [4.78, 5) is 31.5. The predicted molar refractivity (Wildman–Crippen MR) is 110 cm³/mol. The zero-order chi connectivity index (χ0) is 19.2. The molecule has 0 saturated carbocycles. The van der Waals surface area contributed by atoms with Gasteiger partial charge in [0.15, 0.2) is 0 Å². The molecule has 1 aromatic carbocycles. The number of thiophene rings is 1. The molecule has 7 heteroatoms. The number of carbonyl (C=O) groups excluding carboxylic acids is 1. The summed E-state index contributed by atoms with van der Waals surface area (Å²) in [5, 5.41) is 0.545. The largest absolute Gasteiger partial charge is 0.368 e. The molecule has 0 aliphatic heterocycles. The molecule has 2 N–H and O–H groups in total. The lowest BCUT2D eigenvalue weighted by molar-refractivity contribution is -0.121. The minimum Gasteiger partial charge on any atom is -0.368 e. The van der Waals surface area contributed by atoms with Gasteiger partial charge in [0.2, 0.25) is 5.91 Å². The first-order valence-corrected chi connectivity index (χ1v) is 9.95. The first-order chi connectivity index (χ1) is 12.3. The van der Waals surface area contributed by atoms with Crippen LogP contribution in [0.3, 0.4) is 0 Å². The molecule has 0 aliphatic carbocycles. The fourth-order valence-corrected chi connectivity index (χ4v) is 4.83. The van der Waals surface area contributed by atoms with Gasteiger partial charge in [-0.3, -0.25) is 14.2 Å².